The van der Waals surface area contributed by atoms with Gasteiger partial charge in [0.15, 0.2) is 0 Å². The van der Waals surface area contributed by atoms with E-state index in [-0.39, 0.29) is 17.5 Å². The number of hydrogen-bond donors (Lipinski definition) is 3. The van der Waals surface area contributed by atoms with Gasteiger partial charge >= 0.3 is 0 Å². The smallest absolute Gasteiger partial charge is 0.119 e. The van der Waals surface area contributed by atoms with Crippen LogP contribution in [-0.4, -0.2) is 10.2 Å². The zero-order valence-corrected chi connectivity index (χ0v) is 12.8. The highest BCUT2D eigenvalue weighted by Crippen LogP contribution is 2.25. The molecule has 3 heteroatoms. The fraction of sp³-hybridized carbons (Fsp3) is 0.333. The molecule has 0 aliphatic rings. The molecule has 0 saturated heterocycles. The molecule has 0 aliphatic heterocycles. The third kappa shape index (κ3) is 4.23. The first-order valence-corrected chi connectivity index (χ1v) is 7.31. The van der Waals surface area contributed by atoms with Crippen LogP contribution in [-0.2, 0) is 6.54 Å². The molecule has 0 saturated carbocycles. The zero-order chi connectivity index (χ0) is 15.4. The van der Waals surface area contributed by atoms with E-state index in [1.165, 1.54) is 17.2 Å². The second-order valence-electron chi connectivity index (χ2n) is 5.78. The SMILES string of the molecule is CC(C)c1ccc(CNC(C)c2cc(O)cc(O)c2)cc1. The Hall–Kier alpha value is -2.00. The summed E-state index contributed by atoms with van der Waals surface area (Å²) < 4.78 is 0. The Labute approximate surface area is 126 Å². The van der Waals surface area contributed by atoms with Crippen LogP contribution in [0.1, 0.15) is 49.4 Å². The molecule has 0 aliphatic carbocycles. The third-order valence-electron chi connectivity index (χ3n) is 3.68. The molecule has 2 aromatic carbocycles. The van der Waals surface area contributed by atoms with E-state index in [9.17, 15) is 10.2 Å². The van der Waals surface area contributed by atoms with Crippen molar-refractivity contribution in [2.24, 2.45) is 0 Å². The van der Waals surface area contributed by atoms with Gasteiger partial charge in [-0.25, -0.2) is 0 Å². The van der Waals surface area contributed by atoms with Gasteiger partial charge in [-0.05, 0) is 41.7 Å². The second kappa shape index (κ2) is 6.64. The van der Waals surface area contributed by atoms with Crippen molar-refractivity contribution >= 4 is 0 Å². The molecular formula is C18H23NO2. The van der Waals surface area contributed by atoms with Crippen LogP contribution in [0.2, 0.25) is 0 Å². The molecule has 1 atom stereocenters. The molecule has 0 heterocycles. The van der Waals surface area contributed by atoms with Crippen LogP contribution in [0.25, 0.3) is 0 Å². The van der Waals surface area contributed by atoms with Crippen LogP contribution < -0.4 is 5.32 Å². The maximum absolute atomic E-state index is 9.52. The van der Waals surface area contributed by atoms with Gasteiger partial charge in [-0.15, -0.1) is 0 Å². The highest BCUT2D eigenvalue weighted by atomic mass is 16.3. The van der Waals surface area contributed by atoms with Gasteiger partial charge in [-0.1, -0.05) is 38.1 Å². The van der Waals surface area contributed by atoms with Gasteiger partial charge in [0.05, 0.1) is 0 Å². The first-order chi connectivity index (χ1) is 9.95. The van der Waals surface area contributed by atoms with Gasteiger partial charge < -0.3 is 15.5 Å². The Morgan fingerprint density at radius 3 is 1.95 bits per heavy atom. The van der Waals surface area contributed by atoms with Gasteiger partial charge in [0.2, 0.25) is 0 Å². The molecule has 2 rings (SSSR count). The number of rotatable bonds is 5. The second-order valence-corrected chi connectivity index (χ2v) is 5.78. The van der Waals surface area contributed by atoms with Crippen LogP contribution in [0.4, 0.5) is 0 Å². The molecule has 112 valence electrons. The van der Waals surface area contributed by atoms with Gasteiger partial charge in [-0.2, -0.15) is 0 Å². The number of nitrogens with one attached hydrogen (secondary N) is 1. The summed E-state index contributed by atoms with van der Waals surface area (Å²) in [5.41, 5.74) is 3.42. The van der Waals surface area contributed by atoms with Crippen molar-refractivity contribution in [3.63, 3.8) is 0 Å². The lowest BCUT2D eigenvalue weighted by Crippen LogP contribution is -2.18. The van der Waals surface area contributed by atoms with Crippen molar-refractivity contribution in [1.82, 2.24) is 5.32 Å². The van der Waals surface area contributed by atoms with E-state index < -0.39 is 0 Å². The lowest BCUT2D eigenvalue weighted by molar-refractivity contribution is 0.446. The van der Waals surface area contributed by atoms with Gasteiger partial charge in [0.25, 0.3) is 0 Å². The molecule has 0 aromatic heterocycles. The summed E-state index contributed by atoms with van der Waals surface area (Å²) >= 11 is 0. The molecule has 1 unspecified atom stereocenters. The number of benzene rings is 2. The number of aromatic hydroxyl groups is 2. The Kier molecular flexibility index (Phi) is 4.86. The topological polar surface area (TPSA) is 52.5 Å². The molecule has 21 heavy (non-hydrogen) atoms. The number of phenols is 2. The predicted octanol–water partition coefficient (Wildman–Crippen LogP) is 4.07. The molecule has 0 radical (unpaired) electrons. The van der Waals surface area contributed by atoms with E-state index >= 15 is 0 Å². The van der Waals surface area contributed by atoms with Gasteiger partial charge in [0.1, 0.15) is 11.5 Å². The molecule has 3 nitrogen and oxygen atoms in total. The highest BCUT2D eigenvalue weighted by molar-refractivity contribution is 5.38. The summed E-state index contributed by atoms with van der Waals surface area (Å²) in [6, 6.07) is 13.3. The third-order valence-corrected chi connectivity index (χ3v) is 3.68. The minimum atomic E-state index is 0.0489. The molecule has 3 N–H and O–H groups in total. The fourth-order valence-corrected chi connectivity index (χ4v) is 2.28. The minimum Gasteiger partial charge on any atom is -0.508 e. The molecule has 0 spiro atoms. The van der Waals surface area contributed by atoms with Crippen molar-refractivity contribution in [3.05, 3.63) is 59.2 Å². The summed E-state index contributed by atoms with van der Waals surface area (Å²) in [6.45, 7) is 7.13. The summed E-state index contributed by atoms with van der Waals surface area (Å²) in [6.07, 6.45) is 0. The predicted molar refractivity (Wildman–Crippen MR) is 85.6 cm³/mol. The highest BCUT2D eigenvalue weighted by Gasteiger charge is 2.08. The van der Waals surface area contributed by atoms with E-state index in [1.807, 2.05) is 6.92 Å². The molecular weight excluding hydrogens is 262 g/mol. The van der Waals surface area contributed by atoms with E-state index in [0.717, 1.165) is 12.1 Å². The van der Waals surface area contributed by atoms with Gasteiger partial charge in [-0.3, -0.25) is 0 Å². The van der Waals surface area contributed by atoms with Crippen molar-refractivity contribution in [1.29, 1.82) is 0 Å². The van der Waals surface area contributed by atoms with Crippen molar-refractivity contribution < 1.29 is 10.2 Å². The van der Waals surface area contributed by atoms with Crippen LogP contribution >= 0.6 is 0 Å². The zero-order valence-electron chi connectivity index (χ0n) is 12.8. The monoisotopic (exact) mass is 285 g/mol. The molecule has 2 aromatic rings. The molecule has 0 bridgehead atoms. The Morgan fingerprint density at radius 2 is 1.43 bits per heavy atom. The maximum Gasteiger partial charge on any atom is 0.119 e. The Bertz CT molecular complexity index is 570. The summed E-state index contributed by atoms with van der Waals surface area (Å²) in [4.78, 5) is 0. The van der Waals surface area contributed by atoms with Crippen LogP contribution in [0.5, 0.6) is 11.5 Å². The first-order valence-electron chi connectivity index (χ1n) is 7.31. The van der Waals surface area contributed by atoms with Crippen LogP contribution in [0, 0.1) is 0 Å². The first kappa shape index (κ1) is 15.4. The Balaban J connectivity index is 1.98. The standard InChI is InChI=1S/C18H23NO2/c1-12(2)15-6-4-14(5-7-15)11-19-13(3)16-8-17(20)10-18(21)9-16/h4-10,12-13,19-21H,11H2,1-3H3. The van der Waals surface area contributed by atoms with Gasteiger partial charge in [0, 0.05) is 18.7 Å². The Morgan fingerprint density at radius 1 is 0.857 bits per heavy atom. The van der Waals surface area contributed by atoms with Crippen LogP contribution in [0.3, 0.4) is 0 Å². The van der Waals surface area contributed by atoms with E-state index in [0.29, 0.717) is 5.92 Å². The summed E-state index contributed by atoms with van der Waals surface area (Å²) in [7, 11) is 0. The van der Waals surface area contributed by atoms with Crippen molar-refractivity contribution in [2.75, 3.05) is 0 Å². The minimum absolute atomic E-state index is 0.0489. The average Bonchev–Trinajstić information content (AvgIpc) is 2.44. The number of hydrogen-bond acceptors (Lipinski definition) is 3. The lowest BCUT2D eigenvalue weighted by Gasteiger charge is -2.15. The summed E-state index contributed by atoms with van der Waals surface area (Å²) in [5, 5.41) is 22.4. The maximum atomic E-state index is 9.52. The summed E-state index contributed by atoms with van der Waals surface area (Å²) in [5.74, 6) is 0.709. The fourth-order valence-electron chi connectivity index (χ4n) is 2.28. The average molecular weight is 285 g/mol. The molecule has 0 fully saturated rings. The quantitative estimate of drug-likeness (QED) is 0.776. The lowest BCUT2D eigenvalue weighted by atomic mass is 10.0. The van der Waals surface area contributed by atoms with E-state index in [2.05, 4.69) is 43.4 Å². The van der Waals surface area contributed by atoms with Crippen molar-refractivity contribution in [3.8, 4) is 11.5 Å². The molecule has 0 amide bonds. The van der Waals surface area contributed by atoms with Crippen LogP contribution in [0.15, 0.2) is 42.5 Å². The largest absolute Gasteiger partial charge is 0.508 e. The van der Waals surface area contributed by atoms with Crippen molar-refractivity contribution in [2.45, 2.75) is 39.3 Å². The van der Waals surface area contributed by atoms with E-state index in [1.54, 1.807) is 12.1 Å². The number of phenolic OH excluding ortho intramolecular Hbond substituents is 2. The van der Waals surface area contributed by atoms with E-state index in [4.69, 9.17) is 0 Å². The normalized spacial score (nSPS) is 12.6.